The summed E-state index contributed by atoms with van der Waals surface area (Å²) in [5, 5.41) is 18.3. The lowest BCUT2D eigenvalue weighted by molar-refractivity contribution is -0.143. The first-order chi connectivity index (χ1) is 13.8. The molecule has 7 heteroatoms. The number of ether oxygens (including phenoxy) is 1. The van der Waals surface area contributed by atoms with Crippen LogP contribution in [0.4, 0.5) is 0 Å². The first-order valence-corrected chi connectivity index (χ1v) is 9.32. The lowest BCUT2D eigenvalue weighted by Crippen LogP contribution is -2.37. The topological polar surface area (TPSA) is 107 Å². The Labute approximate surface area is 168 Å². The molecule has 3 rings (SSSR count). The molecule has 1 saturated heterocycles. The first kappa shape index (κ1) is 20.5. The van der Waals surface area contributed by atoms with E-state index in [1.807, 2.05) is 54.6 Å². The smallest absolute Gasteiger partial charge is 0.336 e. The van der Waals surface area contributed by atoms with Gasteiger partial charge in [-0.05, 0) is 23.1 Å². The molecule has 0 unspecified atom stereocenters. The molecule has 1 amide bonds. The zero-order valence-electron chi connectivity index (χ0n) is 16.2. The van der Waals surface area contributed by atoms with Crippen LogP contribution in [0.5, 0.6) is 0 Å². The van der Waals surface area contributed by atoms with Crippen molar-refractivity contribution in [1.82, 2.24) is 4.90 Å². The number of rotatable bonds is 8. The maximum Gasteiger partial charge on any atom is 0.336 e. The van der Waals surface area contributed by atoms with Gasteiger partial charge in [-0.25, -0.2) is 4.79 Å². The summed E-state index contributed by atoms with van der Waals surface area (Å²) in [5.41, 5.74) is 2.83. The third kappa shape index (κ3) is 4.63. The summed E-state index contributed by atoms with van der Waals surface area (Å²) in [6, 6.07) is 16.9. The highest BCUT2D eigenvalue weighted by Gasteiger charge is 2.52. The maximum absolute atomic E-state index is 12.7. The van der Waals surface area contributed by atoms with Crippen LogP contribution in [0.1, 0.15) is 24.9 Å². The molecule has 1 fully saturated rings. The lowest BCUT2D eigenvalue weighted by Gasteiger charge is -2.30. The van der Waals surface area contributed by atoms with Crippen molar-refractivity contribution in [2.45, 2.75) is 31.6 Å². The number of likely N-dealkylation sites (N-methyl/N-ethyl adjacent to an activating group) is 1. The summed E-state index contributed by atoms with van der Waals surface area (Å²) in [4.78, 5) is 36.4. The highest BCUT2D eigenvalue weighted by atomic mass is 16.6. The van der Waals surface area contributed by atoms with Gasteiger partial charge in [0, 0.05) is 7.05 Å². The molecule has 0 saturated carbocycles. The van der Waals surface area contributed by atoms with Gasteiger partial charge in [0.1, 0.15) is 0 Å². The fourth-order valence-corrected chi connectivity index (χ4v) is 3.32. The van der Waals surface area contributed by atoms with E-state index in [0.717, 1.165) is 16.7 Å². The van der Waals surface area contributed by atoms with Crippen LogP contribution in [0.15, 0.2) is 54.6 Å². The monoisotopic (exact) mass is 397 g/mol. The van der Waals surface area contributed by atoms with Crippen molar-refractivity contribution in [3.05, 3.63) is 60.2 Å². The Morgan fingerprint density at radius 3 is 2.07 bits per heavy atom. The number of amides is 1. The molecular weight excluding hydrogens is 374 g/mol. The second-order valence-electron chi connectivity index (χ2n) is 7.24. The number of carboxylic acids is 2. The molecule has 2 aromatic rings. The van der Waals surface area contributed by atoms with E-state index < -0.39 is 42.0 Å². The van der Waals surface area contributed by atoms with Crippen molar-refractivity contribution in [1.29, 1.82) is 0 Å². The molecule has 0 aromatic heterocycles. The van der Waals surface area contributed by atoms with E-state index in [9.17, 15) is 19.5 Å². The number of benzene rings is 2. The molecule has 1 aliphatic heterocycles. The number of hydrogen-bond donors (Lipinski definition) is 2. The van der Waals surface area contributed by atoms with Crippen molar-refractivity contribution in [3.8, 4) is 11.1 Å². The van der Waals surface area contributed by atoms with Crippen LogP contribution in [0.25, 0.3) is 11.1 Å². The normalized spacial score (nSPS) is 19.8. The zero-order chi connectivity index (χ0) is 21.1. The van der Waals surface area contributed by atoms with Gasteiger partial charge < -0.3 is 19.8 Å². The van der Waals surface area contributed by atoms with Crippen LogP contribution < -0.4 is 0 Å². The molecule has 0 bridgehead atoms. The van der Waals surface area contributed by atoms with Crippen LogP contribution in [0, 0.1) is 5.92 Å². The second-order valence-corrected chi connectivity index (χ2v) is 7.24. The third-order valence-electron chi connectivity index (χ3n) is 5.19. The summed E-state index contributed by atoms with van der Waals surface area (Å²) in [6.07, 6.45) is -1.96. The lowest BCUT2D eigenvalue weighted by atomic mass is 9.93. The Balaban J connectivity index is 1.84. The zero-order valence-corrected chi connectivity index (χ0v) is 16.2. The van der Waals surface area contributed by atoms with E-state index in [1.54, 1.807) is 14.0 Å². The molecule has 4 atom stereocenters. The molecule has 1 heterocycles. The van der Waals surface area contributed by atoms with Crippen LogP contribution in [-0.4, -0.2) is 52.2 Å². The van der Waals surface area contributed by atoms with Gasteiger partial charge in [-0.2, -0.15) is 0 Å². The number of carboxylic acid groups (broad SMARTS) is 2. The Kier molecular flexibility index (Phi) is 5.98. The van der Waals surface area contributed by atoms with Gasteiger partial charge in [-0.1, -0.05) is 61.5 Å². The van der Waals surface area contributed by atoms with Crippen molar-refractivity contribution < 1.29 is 29.3 Å². The van der Waals surface area contributed by atoms with E-state index in [0.29, 0.717) is 0 Å². The fraction of sp³-hybridized carbons (Fsp3) is 0.318. The van der Waals surface area contributed by atoms with Gasteiger partial charge in [0.05, 0.1) is 12.0 Å². The van der Waals surface area contributed by atoms with Crippen molar-refractivity contribution in [3.63, 3.8) is 0 Å². The first-order valence-electron chi connectivity index (χ1n) is 9.32. The quantitative estimate of drug-likeness (QED) is 0.663. The molecule has 29 heavy (non-hydrogen) atoms. The van der Waals surface area contributed by atoms with Crippen LogP contribution in [-0.2, 0) is 19.1 Å². The van der Waals surface area contributed by atoms with Crippen molar-refractivity contribution >= 4 is 17.8 Å². The van der Waals surface area contributed by atoms with E-state index >= 15 is 0 Å². The second kappa shape index (κ2) is 8.45. The molecule has 2 N–H and O–H groups in total. The average Bonchev–Trinajstić information content (AvgIpc) is 3.53. The van der Waals surface area contributed by atoms with Gasteiger partial charge in [-0.15, -0.1) is 0 Å². The molecule has 7 nitrogen and oxygen atoms in total. The standard InChI is InChI=1S/C22H23NO6/c1-13(21(25)26)12-17(23(2)20(24)18-19(29-18)22(27)28)16-10-8-15(9-11-16)14-6-4-3-5-7-14/h3-11,13,17-19H,12H2,1-2H3,(H,25,26)(H,27,28)/t13-,17+,18+,19-/m1/s1. The van der Waals surface area contributed by atoms with Crippen molar-refractivity contribution in [2.75, 3.05) is 7.05 Å². The Hall–Kier alpha value is -3.19. The Bertz CT molecular complexity index is 895. The Morgan fingerprint density at radius 2 is 1.55 bits per heavy atom. The summed E-state index contributed by atoms with van der Waals surface area (Å²) in [5.74, 6) is -3.28. The van der Waals surface area contributed by atoms with E-state index in [4.69, 9.17) is 9.84 Å². The van der Waals surface area contributed by atoms with Gasteiger partial charge in [0.2, 0.25) is 0 Å². The Morgan fingerprint density at radius 1 is 0.966 bits per heavy atom. The fourth-order valence-electron chi connectivity index (χ4n) is 3.32. The number of hydrogen-bond acceptors (Lipinski definition) is 4. The van der Waals surface area contributed by atoms with Crippen molar-refractivity contribution in [2.24, 2.45) is 5.92 Å². The minimum atomic E-state index is -1.18. The number of carbonyl (C=O) groups is 3. The molecule has 0 spiro atoms. The number of nitrogens with zero attached hydrogens (tertiary/aromatic N) is 1. The average molecular weight is 397 g/mol. The van der Waals surface area contributed by atoms with Crippen LogP contribution in [0.2, 0.25) is 0 Å². The minimum Gasteiger partial charge on any atom is -0.481 e. The highest BCUT2D eigenvalue weighted by molar-refractivity contribution is 5.92. The van der Waals surface area contributed by atoms with Gasteiger partial charge in [0.25, 0.3) is 5.91 Å². The number of epoxide rings is 1. The third-order valence-corrected chi connectivity index (χ3v) is 5.19. The summed E-state index contributed by atoms with van der Waals surface area (Å²) < 4.78 is 4.97. The molecule has 2 aromatic carbocycles. The number of carbonyl (C=O) groups excluding carboxylic acids is 1. The predicted molar refractivity (Wildman–Crippen MR) is 105 cm³/mol. The van der Waals surface area contributed by atoms with Gasteiger partial charge in [0.15, 0.2) is 12.2 Å². The maximum atomic E-state index is 12.7. The molecule has 1 aliphatic rings. The molecular formula is C22H23NO6. The summed E-state index contributed by atoms with van der Waals surface area (Å²) in [6.45, 7) is 1.58. The van der Waals surface area contributed by atoms with Crippen LogP contribution >= 0.6 is 0 Å². The summed E-state index contributed by atoms with van der Waals surface area (Å²) in [7, 11) is 1.55. The number of aliphatic carboxylic acids is 2. The van der Waals surface area contributed by atoms with E-state index in [1.165, 1.54) is 4.90 Å². The highest BCUT2D eigenvalue weighted by Crippen LogP contribution is 2.33. The molecule has 0 aliphatic carbocycles. The molecule has 0 radical (unpaired) electrons. The van der Waals surface area contributed by atoms with Gasteiger partial charge >= 0.3 is 11.9 Å². The van der Waals surface area contributed by atoms with Crippen LogP contribution in [0.3, 0.4) is 0 Å². The SMILES string of the molecule is C[C@H](C[C@@H](c1ccc(-c2ccccc2)cc1)N(C)C(=O)[C@H]1O[C@H]1C(=O)O)C(=O)O. The van der Waals surface area contributed by atoms with Gasteiger partial charge in [-0.3, -0.25) is 9.59 Å². The van der Waals surface area contributed by atoms with E-state index in [-0.39, 0.29) is 6.42 Å². The largest absolute Gasteiger partial charge is 0.481 e. The predicted octanol–water partition coefficient (Wildman–Crippen LogP) is 2.82. The van der Waals surface area contributed by atoms with E-state index in [2.05, 4.69) is 0 Å². The molecule has 152 valence electrons. The minimum absolute atomic E-state index is 0.201. The summed E-state index contributed by atoms with van der Waals surface area (Å²) >= 11 is 0.